The predicted molar refractivity (Wildman–Crippen MR) is 79.3 cm³/mol. The van der Waals surface area contributed by atoms with Gasteiger partial charge in [-0.3, -0.25) is 4.79 Å². The van der Waals surface area contributed by atoms with E-state index in [1.165, 1.54) is 32.1 Å². The highest BCUT2D eigenvalue weighted by Gasteiger charge is 2.29. The van der Waals surface area contributed by atoms with E-state index in [9.17, 15) is 9.90 Å². The molecule has 0 aromatic rings. The van der Waals surface area contributed by atoms with Gasteiger partial charge in [-0.2, -0.15) is 0 Å². The Hall–Kier alpha value is -0.570. The Balaban J connectivity index is 2.50. The van der Waals surface area contributed by atoms with Crippen molar-refractivity contribution in [2.75, 3.05) is 13.1 Å². The molecule has 1 rings (SSSR count). The van der Waals surface area contributed by atoms with Crippen molar-refractivity contribution in [3.63, 3.8) is 0 Å². The summed E-state index contributed by atoms with van der Waals surface area (Å²) in [6, 6.07) is 0.698. The molecular formula is C16H31NO2. The van der Waals surface area contributed by atoms with Crippen LogP contribution in [0, 0.1) is 11.3 Å². The van der Waals surface area contributed by atoms with E-state index >= 15 is 0 Å². The Morgan fingerprint density at radius 1 is 1.26 bits per heavy atom. The number of aliphatic carboxylic acids is 1. The summed E-state index contributed by atoms with van der Waals surface area (Å²) in [5.41, 5.74) is -0.602. The molecule has 19 heavy (non-hydrogen) atoms. The van der Waals surface area contributed by atoms with Crippen LogP contribution in [0.1, 0.15) is 66.2 Å². The van der Waals surface area contributed by atoms with Gasteiger partial charge in [-0.15, -0.1) is 0 Å². The lowest BCUT2D eigenvalue weighted by Crippen LogP contribution is -2.38. The van der Waals surface area contributed by atoms with Crippen molar-refractivity contribution < 1.29 is 9.90 Å². The number of hydrogen-bond donors (Lipinski definition) is 1. The molecule has 3 heteroatoms. The van der Waals surface area contributed by atoms with Crippen LogP contribution in [0.25, 0.3) is 0 Å². The van der Waals surface area contributed by atoms with Gasteiger partial charge in [0, 0.05) is 6.04 Å². The minimum atomic E-state index is -0.678. The van der Waals surface area contributed by atoms with Crippen molar-refractivity contribution in [1.82, 2.24) is 4.90 Å². The highest BCUT2D eigenvalue weighted by Crippen LogP contribution is 2.27. The molecule has 0 aromatic carbocycles. The summed E-state index contributed by atoms with van der Waals surface area (Å²) < 4.78 is 0. The average Bonchev–Trinajstić information content (AvgIpc) is 2.82. The number of carbonyl (C=O) groups is 1. The number of carboxylic acid groups (broad SMARTS) is 1. The van der Waals surface area contributed by atoms with Crippen molar-refractivity contribution in [3.8, 4) is 0 Å². The Kier molecular flexibility index (Phi) is 6.31. The van der Waals surface area contributed by atoms with Crippen molar-refractivity contribution in [2.24, 2.45) is 11.3 Å². The first-order chi connectivity index (χ1) is 8.83. The second-order valence-electron chi connectivity index (χ2n) is 7.10. The molecule has 112 valence electrons. The van der Waals surface area contributed by atoms with Gasteiger partial charge in [-0.1, -0.05) is 26.7 Å². The van der Waals surface area contributed by atoms with Gasteiger partial charge in [-0.05, 0) is 58.5 Å². The molecular weight excluding hydrogens is 238 g/mol. The monoisotopic (exact) mass is 269 g/mol. The standard InChI is InChI=1S/C16H31NO2/c1-13(2)9-11-17(14-7-5-6-8-14)12-10-16(3,4)15(18)19/h13-14H,5-12H2,1-4H3,(H,18,19). The fourth-order valence-corrected chi connectivity index (χ4v) is 2.70. The van der Waals surface area contributed by atoms with Gasteiger partial charge in [-0.25, -0.2) is 0 Å². The van der Waals surface area contributed by atoms with E-state index in [2.05, 4.69) is 18.7 Å². The molecule has 3 nitrogen and oxygen atoms in total. The van der Waals surface area contributed by atoms with Crippen LogP contribution in [-0.2, 0) is 4.79 Å². The minimum Gasteiger partial charge on any atom is -0.481 e. The highest BCUT2D eigenvalue weighted by atomic mass is 16.4. The predicted octanol–water partition coefficient (Wildman–Crippen LogP) is 3.78. The molecule has 1 aliphatic rings. The lowest BCUT2D eigenvalue weighted by molar-refractivity contribution is -0.147. The Morgan fingerprint density at radius 3 is 2.32 bits per heavy atom. The molecule has 0 unspecified atom stereocenters. The van der Waals surface area contributed by atoms with Crippen molar-refractivity contribution >= 4 is 5.97 Å². The zero-order valence-electron chi connectivity index (χ0n) is 13.1. The zero-order chi connectivity index (χ0) is 14.5. The maximum atomic E-state index is 11.2. The Bertz CT molecular complexity index is 280. The number of carboxylic acids is 1. The molecule has 1 saturated carbocycles. The van der Waals surface area contributed by atoms with Crippen molar-refractivity contribution in [1.29, 1.82) is 0 Å². The van der Waals surface area contributed by atoms with Crippen LogP contribution in [0.4, 0.5) is 0 Å². The van der Waals surface area contributed by atoms with Crippen LogP contribution in [0.2, 0.25) is 0 Å². The Morgan fingerprint density at radius 2 is 1.84 bits per heavy atom. The largest absolute Gasteiger partial charge is 0.481 e. The highest BCUT2D eigenvalue weighted by molar-refractivity contribution is 5.73. The van der Waals surface area contributed by atoms with Crippen LogP contribution in [0.3, 0.4) is 0 Å². The zero-order valence-corrected chi connectivity index (χ0v) is 13.1. The molecule has 0 atom stereocenters. The maximum Gasteiger partial charge on any atom is 0.309 e. The van der Waals surface area contributed by atoms with Gasteiger partial charge >= 0.3 is 5.97 Å². The summed E-state index contributed by atoms with van der Waals surface area (Å²) in [5, 5.41) is 9.22. The quantitative estimate of drug-likeness (QED) is 0.729. The second-order valence-corrected chi connectivity index (χ2v) is 7.10. The smallest absolute Gasteiger partial charge is 0.309 e. The lowest BCUT2D eigenvalue weighted by Gasteiger charge is -2.32. The number of hydrogen-bond acceptors (Lipinski definition) is 2. The fraction of sp³-hybridized carbons (Fsp3) is 0.938. The van der Waals surface area contributed by atoms with Crippen LogP contribution >= 0.6 is 0 Å². The van der Waals surface area contributed by atoms with Gasteiger partial charge in [0.2, 0.25) is 0 Å². The normalized spacial score (nSPS) is 17.6. The van der Waals surface area contributed by atoms with Crippen LogP contribution in [-0.4, -0.2) is 35.1 Å². The van der Waals surface area contributed by atoms with E-state index in [1.54, 1.807) is 0 Å². The molecule has 1 aliphatic carbocycles. The van der Waals surface area contributed by atoms with E-state index in [0.717, 1.165) is 25.4 Å². The second kappa shape index (κ2) is 7.28. The van der Waals surface area contributed by atoms with Crippen LogP contribution < -0.4 is 0 Å². The first-order valence-electron chi connectivity index (χ1n) is 7.80. The topological polar surface area (TPSA) is 40.5 Å². The molecule has 0 radical (unpaired) electrons. The molecule has 0 aromatic heterocycles. The summed E-state index contributed by atoms with van der Waals surface area (Å²) in [6.07, 6.45) is 7.23. The molecule has 0 aliphatic heterocycles. The van der Waals surface area contributed by atoms with Gasteiger partial charge in [0.15, 0.2) is 0 Å². The van der Waals surface area contributed by atoms with Gasteiger partial charge < -0.3 is 10.0 Å². The SMILES string of the molecule is CC(C)CCN(CCC(C)(C)C(=O)O)C1CCCC1. The summed E-state index contributed by atoms with van der Waals surface area (Å²) in [5.74, 6) is 0.0409. The first kappa shape index (κ1) is 16.5. The van der Waals surface area contributed by atoms with E-state index in [0.29, 0.717) is 6.04 Å². The lowest BCUT2D eigenvalue weighted by atomic mass is 9.89. The minimum absolute atomic E-state index is 0.602. The van der Waals surface area contributed by atoms with E-state index in [-0.39, 0.29) is 0 Å². The van der Waals surface area contributed by atoms with Gasteiger partial charge in [0.05, 0.1) is 5.41 Å². The summed E-state index contributed by atoms with van der Waals surface area (Å²) in [6.45, 7) is 10.2. The van der Waals surface area contributed by atoms with Crippen LogP contribution in [0.5, 0.6) is 0 Å². The van der Waals surface area contributed by atoms with Gasteiger partial charge in [0.25, 0.3) is 0 Å². The van der Waals surface area contributed by atoms with Gasteiger partial charge in [0.1, 0.15) is 0 Å². The maximum absolute atomic E-state index is 11.2. The third kappa shape index (κ3) is 5.52. The molecule has 0 saturated heterocycles. The molecule has 1 N–H and O–H groups in total. The van der Waals surface area contributed by atoms with Crippen molar-refractivity contribution in [3.05, 3.63) is 0 Å². The third-order valence-corrected chi connectivity index (χ3v) is 4.44. The molecule has 0 amide bonds. The number of rotatable bonds is 8. The van der Waals surface area contributed by atoms with E-state index in [4.69, 9.17) is 0 Å². The molecule has 1 fully saturated rings. The van der Waals surface area contributed by atoms with E-state index < -0.39 is 11.4 Å². The summed E-state index contributed by atoms with van der Waals surface area (Å²) in [4.78, 5) is 13.8. The Labute approximate surface area is 118 Å². The third-order valence-electron chi connectivity index (χ3n) is 4.44. The van der Waals surface area contributed by atoms with E-state index in [1.807, 2.05) is 13.8 Å². The summed E-state index contributed by atoms with van der Waals surface area (Å²) in [7, 11) is 0. The first-order valence-corrected chi connectivity index (χ1v) is 7.80. The summed E-state index contributed by atoms with van der Waals surface area (Å²) >= 11 is 0. The van der Waals surface area contributed by atoms with Crippen molar-refractivity contribution in [2.45, 2.75) is 72.3 Å². The number of nitrogens with zero attached hydrogens (tertiary/aromatic N) is 1. The molecule has 0 heterocycles. The average molecular weight is 269 g/mol. The fourth-order valence-electron chi connectivity index (χ4n) is 2.70. The molecule has 0 spiro atoms. The van der Waals surface area contributed by atoms with Crippen LogP contribution in [0.15, 0.2) is 0 Å². The molecule has 0 bridgehead atoms.